The van der Waals surface area contributed by atoms with Crippen molar-refractivity contribution < 1.29 is 19.2 Å². The molecule has 0 bridgehead atoms. The van der Waals surface area contributed by atoms with Gasteiger partial charge in [-0.3, -0.25) is 0 Å². The maximum absolute atomic E-state index is 12.1. The fourth-order valence-corrected chi connectivity index (χ4v) is 4.04. The number of carboxylic acid groups (broad SMARTS) is 1. The third kappa shape index (κ3) is 10.5. The third-order valence-corrected chi connectivity index (χ3v) is 6.30. The van der Waals surface area contributed by atoms with Gasteiger partial charge in [-0.15, -0.1) is 0 Å². The molecule has 0 aliphatic rings. The van der Waals surface area contributed by atoms with Crippen molar-refractivity contribution >= 4 is 18.3 Å². The molecule has 0 spiro atoms. The Morgan fingerprint density at radius 2 is 1.63 bits per heavy atom. The predicted molar refractivity (Wildman–Crippen MR) is 144 cm³/mol. The van der Waals surface area contributed by atoms with E-state index < -0.39 is 5.97 Å². The Kier molecular flexibility index (Phi) is 12.9. The quantitative estimate of drug-likeness (QED) is 0.120. The highest BCUT2D eigenvalue weighted by Crippen LogP contribution is 2.19. The first-order valence-corrected chi connectivity index (χ1v) is 13.3. The molecule has 0 heterocycles. The first kappa shape index (κ1) is 28.4. The number of nitrogens with zero attached hydrogens (tertiary/aromatic N) is 1. The molecule has 0 amide bonds. The molecule has 0 fully saturated rings. The Labute approximate surface area is 212 Å². The van der Waals surface area contributed by atoms with Gasteiger partial charge in [-0.25, -0.2) is 0 Å². The second-order valence-corrected chi connectivity index (χ2v) is 9.47. The van der Waals surface area contributed by atoms with Crippen LogP contribution in [-0.2, 0) is 4.79 Å². The topological polar surface area (TPSA) is 52.4 Å². The van der Waals surface area contributed by atoms with E-state index in [9.17, 15) is 9.90 Å². The van der Waals surface area contributed by atoms with E-state index in [-0.39, 0.29) is 11.8 Å². The van der Waals surface area contributed by atoms with Gasteiger partial charge in [0.15, 0.2) is 12.8 Å². The second kappa shape index (κ2) is 15.9. The molecule has 35 heavy (non-hydrogen) atoms. The number of carboxylic acids is 1. The van der Waals surface area contributed by atoms with Crippen molar-refractivity contribution in [1.29, 1.82) is 0 Å². The Morgan fingerprint density at radius 3 is 2.23 bits per heavy atom. The van der Waals surface area contributed by atoms with Crippen LogP contribution in [0.4, 0.5) is 0 Å². The number of benzene rings is 2. The third-order valence-electron chi connectivity index (χ3n) is 6.30. The number of hydrogen-bond donors (Lipinski definition) is 0. The molecule has 2 rings (SSSR count). The van der Waals surface area contributed by atoms with Crippen molar-refractivity contribution in [3.05, 3.63) is 71.4 Å². The second-order valence-electron chi connectivity index (χ2n) is 9.47. The van der Waals surface area contributed by atoms with E-state index in [0.717, 1.165) is 42.6 Å². The van der Waals surface area contributed by atoms with E-state index in [1.165, 1.54) is 25.7 Å². The molecule has 4 heteroatoms. The van der Waals surface area contributed by atoms with Crippen LogP contribution in [-0.4, -0.2) is 29.4 Å². The van der Waals surface area contributed by atoms with E-state index >= 15 is 0 Å². The zero-order valence-corrected chi connectivity index (χ0v) is 22.0. The first-order chi connectivity index (χ1) is 17.0. The van der Waals surface area contributed by atoms with Gasteiger partial charge in [-0.1, -0.05) is 83.7 Å². The molecule has 2 atom stereocenters. The van der Waals surface area contributed by atoms with Crippen molar-refractivity contribution in [3.63, 3.8) is 0 Å². The fourth-order valence-electron chi connectivity index (χ4n) is 4.04. The summed E-state index contributed by atoms with van der Waals surface area (Å²) in [5.41, 5.74) is 1.92. The molecular weight excluding hydrogens is 434 g/mol. The highest BCUT2D eigenvalue weighted by Gasteiger charge is 2.18. The van der Waals surface area contributed by atoms with Crippen LogP contribution in [0.5, 0.6) is 5.75 Å². The summed E-state index contributed by atoms with van der Waals surface area (Å²) in [5, 5.41) is 12.1. The van der Waals surface area contributed by atoms with Gasteiger partial charge in [0.2, 0.25) is 5.70 Å². The van der Waals surface area contributed by atoms with Gasteiger partial charge in [0.1, 0.15) is 11.7 Å². The highest BCUT2D eigenvalue weighted by atomic mass is 16.5. The summed E-state index contributed by atoms with van der Waals surface area (Å²) >= 11 is 0. The number of ether oxygens (including phenoxy) is 1. The van der Waals surface area contributed by atoms with Crippen molar-refractivity contribution in [2.45, 2.75) is 85.2 Å². The van der Waals surface area contributed by atoms with Crippen LogP contribution in [0, 0.1) is 5.92 Å². The zero-order valence-electron chi connectivity index (χ0n) is 22.0. The summed E-state index contributed by atoms with van der Waals surface area (Å²) in [7, 11) is 0. The number of carbonyl (C=O) groups is 1. The van der Waals surface area contributed by atoms with Crippen LogP contribution in [0.25, 0.3) is 6.08 Å². The molecule has 0 aliphatic carbocycles. The summed E-state index contributed by atoms with van der Waals surface area (Å²) in [6, 6.07) is 17.5. The molecule has 0 aromatic heterocycles. The van der Waals surface area contributed by atoms with Crippen LogP contribution in [0.3, 0.4) is 0 Å². The molecule has 0 aliphatic heterocycles. The molecule has 0 N–H and O–H groups in total. The summed E-state index contributed by atoms with van der Waals surface area (Å²) in [4.78, 5) is 12.1. The number of unbranched alkanes of at least 4 members (excludes halogenated alkanes) is 3. The smallest absolute Gasteiger partial charge is 0.228 e. The standard InChI is InChI=1S/C31H43NO3/c1-5-8-9-13-17-28(14-6-2)35-29-20-18-27(19-21-29)24-32(23-25(4)7-3)30(31(33)34)22-26-15-11-10-12-16-26/h10-12,15-16,18-22,24-25,28H,5-9,13-14,17,23H2,1-4H3/t25?,28-/m0/s1. The Hall–Kier alpha value is -2.88. The lowest BCUT2D eigenvalue weighted by Gasteiger charge is -2.18. The fraction of sp³-hybridized carbons (Fsp3) is 0.484. The van der Waals surface area contributed by atoms with E-state index in [0.29, 0.717) is 12.5 Å². The number of carbonyl (C=O) groups excluding carboxylic acids is 1. The van der Waals surface area contributed by atoms with Gasteiger partial charge in [0.05, 0.1) is 6.10 Å². The normalized spacial score (nSPS) is 13.9. The van der Waals surface area contributed by atoms with E-state index in [1.807, 2.05) is 60.8 Å². The maximum Gasteiger partial charge on any atom is 0.228 e. The molecule has 1 unspecified atom stereocenters. The maximum atomic E-state index is 12.1. The molecule has 190 valence electrons. The van der Waals surface area contributed by atoms with Crippen LogP contribution in [0.1, 0.15) is 90.2 Å². The Balaban J connectivity index is 2.25. The van der Waals surface area contributed by atoms with Crippen LogP contribution < -0.4 is 9.84 Å². The number of rotatable bonds is 16. The minimum atomic E-state index is -1.18. The molecule has 0 saturated heterocycles. The van der Waals surface area contributed by atoms with Crippen molar-refractivity contribution in [3.8, 4) is 5.75 Å². The first-order valence-electron chi connectivity index (χ1n) is 13.3. The van der Waals surface area contributed by atoms with E-state index in [2.05, 4.69) is 27.7 Å². The average Bonchev–Trinajstić information content (AvgIpc) is 2.86. The molecule has 4 nitrogen and oxygen atoms in total. The highest BCUT2D eigenvalue weighted by molar-refractivity contribution is 5.89. The van der Waals surface area contributed by atoms with Crippen molar-refractivity contribution in [2.24, 2.45) is 5.92 Å². The van der Waals surface area contributed by atoms with Gasteiger partial charge in [0.25, 0.3) is 0 Å². The SMILES string of the molecule is CCCCCC[C@H](CCC)Oc1ccc(C=[N+](CC(C)CC)C(=Cc2ccccc2)C(=O)[O-])cc1. The summed E-state index contributed by atoms with van der Waals surface area (Å²) in [5.74, 6) is 0.0123. The lowest BCUT2D eigenvalue weighted by atomic mass is 10.1. The van der Waals surface area contributed by atoms with Gasteiger partial charge < -0.3 is 14.6 Å². The van der Waals surface area contributed by atoms with Crippen molar-refractivity contribution in [2.75, 3.05) is 6.54 Å². The summed E-state index contributed by atoms with van der Waals surface area (Å²) < 4.78 is 8.10. The Morgan fingerprint density at radius 1 is 0.914 bits per heavy atom. The minimum absolute atomic E-state index is 0.159. The van der Waals surface area contributed by atoms with E-state index in [1.54, 1.807) is 10.7 Å². The summed E-state index contributed by atoms with van der Waals surface area (Å²) in [6.07, 6.45) is 13.0. The van der Waals surface area contributed by atoms with Gasteiger partial charge in [-0.2, -0.15) is 4.58 Å². The monoisotopic (exact) mass is 477 g/mol. The predicted octanol–water partition coefficient (Wildman–Crippen LogP) is 6.47. The van der Waals surface area contributed by atoms with Crippen LogP contribution in [0.15, 0.2) is 60.3 Å². The number of aliphatic carboxylic acids is 1. The molecule has 0 saturated carbocycles. The lowest BCUT2D eigenvalue weighted by molar-refractivity contribution is -0.483. The molecular formula is C31H43NO3. The van der Waals surface area contributed by atoms with Crippen LogP contribution >= 0.6 is 0 Å². The average molecular weight is 478 g/mol. The van der Waals surface area contributed by atoms with Gasteiger partial charge in [-0.05, 0) is 55.5 Å². The van der Waals surface area contributed by atoms with Gasteiger partial charge in [0, 0.05) is 17.6 Å². The molecule has 2 aromatic carbocycles. The lowest BCUT2D eigenvalue weighted by Crippen LogP contribution is -2.33. The largest absolute Gasteiger partial charge is 0.539 e. The van der Waals surface area contributed by atoms with E-state index in [4.69, 9.17) is 4.74 Å². The molecule has 0 radical (unpaired) electrons. The Bertz CT molecular complexity index is 931. The van der Waals surface area contributed by atoms with Crippen molar-refractivity contribution in [1.82, 2.24) is 0 Å². The van der Waals surface area contributed by atoms with Crippen LogP contribution in [0.2, 0.25) is 0 Å². The zero-order chi connectivity index (χ0) is 25.5. The van der Waals surface area contributed by atoms with Gasteiger partial charge >= 0.3 is 0 Å². The summed E-state index contributed by atoms with van der Waals surface area (Å²) in [6.45, 7) is 9.27. The number of hydrogen-bond acceptors (Lipinski definition) is 3. The molecule has 2 aromatic rings. The minimum Gasteiger partial charge on any atom is -0.539 e.